The number of rotatable bonds is 5. The lowest BCUT2D eigenvalue weighted by atomic mass is 10.00. The van der Waals surface area contributed by atoms with Crippen molar-refractivity contribution in [1.82, 2.24) is 9.97 Å². The topological polar surface area (TPSA) is 67.4 Å². The van der Waals surface area contributed by atoms with Gasteiger partial charge in [-0.1, -0.05) is 19.1 Å². The molecule has 6 nitrogen and oxygen atoms in total. The van der Waals surface area contributed by atoms with Crippen molar-refractivity contribution in [3.63, 3.8) is 0 Å². The van der Waals surface area contributed by atoms with E-state index in [0.29, 0.717) is 23.2 Å². The largest absolute Gasteiger partial charge is 0.495 e. The molecule has 25 heavy (non-hydrogen) atoms. The maximum Gasteiger partial charge on any atom is 0.274 e. The molecule has 3 rings (SSSR count). The molecule has 1 unspecified atom stereocenters. The van der Waals surface area contributed by atoms with Crippen LogP contribution in [0.4, 0.5) is 11.5 Å². The Hall–Kier alpha value is -2.63. The molecule has 2 heterocycles. The summed E-state index contributed by atoms with van der Waals surface area (Å²) < 4.78 is 5.27. The lowest BCUT2D eigenvalue weighted by Crippen LogP contribution is -2.39. The zero-order chi connectivity index (χ0) is 17.6. The van der Waals surface area contributed by atoms with E-state index in [-0.39, 0.29) is 5.91 Å². The minimum absolute atomic E-state index is 0.266. The Balaban J connectivity index is 1.80. The first-order valence-corrected chi connectivity index (χ1v) is 8.76. The maximum absolute atomic E-state index is 12.6. The monoisotopic (exact) mass is 340 g/mol. The summed E-state index contributed by atoms with van der Waals surface area (Å²) in [5, 5.41) is 2.86. The van der Waals surface area contributed by atoms with Crippen molar-refractivity contribution in [3.8, 4) is 5.75 Å². The van der Waals surface area contributed by atoms with Crippen LogP contribution in [-0.2, 0) is 0 Å². The van der Waals surface area contributed by atoms with Crippen molar-refractivity contribution in [2.75, 3.05) is 23.9 Å². The van der Waals surface area contributed by atoms with E-state index in [1.807, 2.05) is 12.1 Å². The van der Waals surface area contributed by atoms with Crippen molar-refractivity contribution in [3.05, 3.63) is 42.4 Å². The number of carbonyl (C=O) groups is 1. The smallest absolute Gasteiger partial charge is 0.274 e. The molecule has 1 aromatic carbocycles. The second-order valence-electron chi connectivity index (χ2n) is 6.17. The van der Waals surface area contributed by atoms with Crippen LogP contribution in [0.15, 0.2) is 36.7 Å². The molecule has 1 amide bonds. The molecule has 1 aliphatic heterocycles. The number of benzene rings is 1. The lowest BCUT2D eigenvalue weighted by Gasteiger charge is -2.36. The molecule has 6 heteroatoms. The number of amides is 1. The van der Waals surface area contributed by atoms with Crippen molar-refractivity contribution in [2.45, 2.75) is 38.6 Å². The SMILES string of the molecule is CCC1CCCCN1c1cc(C(=O)Nc2ccccc2OC)ncn1. The highest BCUT2D eigenvalue weighted by Crippen LogP contribution is 2.26. The molecule has 0 bridgehead atoms. The van der Waals surface area contributed by atoms with Crippen LogP contribution in [0.2, 0.25) is 0 Å². The number of aromatic nitrogens is 2. The number of anilines is 2. The van der Waals surface area contributed by atoms with Crippen LogP contribution in [0.3, 0.4) is 0 Å². The van der Waals surface area contributed by atoms with Gasteiger partial charge in [0, 0.05) is 18.7 Å². The standard InChI is InChI=1S/C19H24N4O2/c1-3-14-8-6-7-11-23(14)18-12-16(20-13-21-18)19(24)22-15-9-4-5-10-17(15)25-2/h4-5,9-10,12-14H,3,6-8,11H2,1-2H3,(H,22,24). The van der Waals surface area contributed by atoms with E-state index in [9.17, 15) is 4.79 Å². The molecule has 132 valence electrons. The molecule has 0 saturated carbocycles. The summed E-state index contributed by atoms with van der Waals surface area (Å²) in [7, 11) is 1.58. The Labute approximate surface area is 148 Å². The number of para-hydroxylation sites is 2. The van der Waals surface area contributed by atoms with Gasteiger partial charge in [-0.25, -0.2) is 9.97 Å². The highest BCUT2D eigenvalue weighted by atomic mass is 16.5. The molecule has 1 atom stereocenters. The third kappa shape index (κ3) is 3.90. The van der Waals surface area contributed by atoms with Crippen molar-refractivity contribution in [2.24, 2.45) is 0 Å². The fourth-order valence-corrected chi connectivity index (χ4v) is 3.29. The van der Waals surface area contributed by atoms with E-state index in [0.717, 1.165) is 25.2 Å². The summed E-state index contributed by atoms with van der Waals surface area (Å²) in [5.41, 5.74) is 0.982. The third-order valence-electron chi connectivity index (χ3n) is 4.63. The van der Waals surface area contributed by atoms with Crippen LogP contribution in [0, 0.1) is 0 Å². The zero-order valence-corrected chi connectivity index (χ0v) is 14.7. The molecule has 1 N–H and O–H groups in total. The molecule has 0 radical (unpaired) electrons. The predicted octanol–water partition coefficient (Wildman–Crippen LogP) is 3.51. The molecule has 0 aliphatic carbocycles. The summed E-state index contributed by atoms with van der Waals surface area (Å²) >= 11 is 0. The number of carbonyl (C=O) groups excluding carboxylic acids is 1. The molecule has 1 aromatic heterocycles. The maximum atomic E-state index is 12.6. The first-order valence-electron chi connectivity index (χ1n) is 8.76. The van der Waals surface area contributed by atoms with Gasteiger partial charge in [-0.3, -0.25) is 4.79 Å². The predicted molar refractivity (Wildman–Crippen MR) is 98.3 cm³/mol. The van der Waals surface area contributed by atoms with Crippen LogP contribution in [0.5, 0.6) is 5.75 Å². The Morgan fingerprint density at radius 2 is 2.16 bits per heavy atom. The third-order valence-corrected chi connectivity index (χ3v) is 4.63. The Kier molecular flexibility index (Phi) is 5.48. The zero-order valence-electron chi connectivity index (χ0n) is 14.7. The van der Waals surface area contributed by atoms with Crippen LogP contribution < -0.4 is 15.0 Å². The van der Waals surface area contributed by atoms with Gasteiger partial charge in [-0.2, -0.15) is 0 Å². The highest BCUT2D eigenvalue weighted by Gasteiger charge is 2.23. The first-order chi connectivity index (χ1) is 12.2. The number of hydrogen-bond donors (Lipinski definition) is 1. The van der Waals surface area contributed by atoms with Crippen LogP contribution in [0.25, 0.3) is 0 Å². The number of hydrogen-bond acceptors (Lipinski definition) is 5. The van der Waals surface area contributed by atoms with Gasteiger partial charge < -0.3 is 15.0 Å². The fourth-order valence-electron chi connectivity index (χ4n) is 3.29. The number of nitrogens with one attached hydrogen (secondary N) is 1. The van der Waals surface area contributed by atoms with Crippen molar-refractivity contribution >= 4 is 17.4 Å². The average molecular weight is 340 g/mol. The van der Waals surface area contributed by atoms with E-state index in [1.54, 1.807) is 25.3 Å². The van der Waals surface area contributed by atoms with E-state index < -0.39 is 0 Å². The second kappa shape index (κ2) is 7.96. The van der Waals surface area contributed by atoms with Gasteiger partial charge in [-0.05, 0) is 37.8 Å². The quantitative estimate of drug-likeness (QED) is 0.902. The van der Waals surface area contributed by atoms with Crippen LogP contribution >= 0.6 is 0 Å². The minimum atomic E-state index is -0.266. The number of piperidine rings is 1. The summed E-state index contributed by atoms with van der Waals surface area (Å²) in [6, 6.07) is 9.58. The van der Waals surface area contributed by atoms with Gasteiger partial charge in [0.15, 0.2) is 0 Å². The van der Waals surface area contributed by atoms with Crippen LogP contribution in [-0.4, -0.2) is 35.6 Å². The Morgan fingerprint density at radius 3 is 2.96 bits per heavy atom. The molecular weight excluding hydrogens is 316 g/mol. The Morgan fingerprint density at radius 1 is 1.32 bits per heavy atom. The average Bonchev–Trinajstić information content (AvgIpc) is 2.68. The van der Waals surface area contributed by atoms with Crippen LogP contribution in [0.1, 0.15) is 43.1 Å². The van der Waals surface area contributed by atoms with Gasteiger partial charge in [0.25, 0.3) is 5.91 Å². The van der Waals surface area contributed by atoms with Gasteiger partial charge in [0.1, 0.15) is 23.6 Å². The first kappa shape index (κ1) is 17.2. The van der Waals surface area contributed by atoms with Crippen molar-refractivity contribution in [1.29, 1.82) is 0 Å². The summed E-state index contributed by atoms with van der Waals surface area (Å²) in [5.74, 6) is 1.18. The fraction of sp³-hybridized carbons (Fsp3) is 0.421. The summed E-state index contributed by atoms with van der Waals surface area (Å²) in [6.45, 7) is 3.17. The molecule has 2 aromatic rings. The number of nitrogens with zero attached hydrogens (tertiary/aromatic N) is 3. The molecule has 1 aliphatic rings. The minimum Gasteiger partial charge on any atom is -0.495 e. The van der Waals surface area contributed by atoms with Gasteiger partial charge in [-0.15, -0.1) is 0 Å². The molecule has 0 spiro atoms. The van der Waals surface area contributed by atoms with Crippen molar-refractivity contribution < 1.29 is 9.53 Å². The van der Waals surface area contributed by atoms with Gasteiger partial charge in [0.2, 0.25) is 0 Å². The highest BCUT2D eigenvalue weighted by molar-refractivity contribution is 6.04. The van der Waals surface area contributed by atoms with E-state index in [2.05, 4.69) is 27.1 Å². The normalized spacial score (nSPS) is 17.2. The van der Waals surface area contributed by atoms with E-state index >= 15 is 0 Å². The second-order valence-corrected chi connectivity index (χ2v) is 6.17. The van der Waals surface area contributed by atoms with E-state index in [1.165, 1.54) is 19.2 Å². The molecular formula is C19H24N4O2. The Bertz CT molecular complexity index is 735. The van der Waals surface area contributed by atoms with Gasteiger partial charge in [0.05, 0.1) is 12.8 Å². The number of ether oxygens (including phenoxy) is 1. The number of methoxy groups -OCH3 is 1. The summed E-state index contributed by atoms with van der Waals surface area (Å²) in [6.07, 6.45) is 6.12. The molecule has 1 saturated heterocycles. The van der Waals surface area contributed by atoms with Gasteiger partial charge >= 0.3 is 0 Å². The molecule has 1 fully saturated rings. The lowest BCUT2D eigenvalue weighted by molar-refractivity contribution is 0.102. The summed E-state index contributed by atoms with van der Waals surface area (Å²) in [4.78, 5) is 23.4. The van der Waals surface area contributed by atoms with E-state index in [4.69, 9.17) is 4.74 Å².